The van der Waals surface area contributed by atoms with Crippen LogP contribution >= 0.6 is 22.7 Å². The largest absolute Gasteiger partial charge is 0.457 e. The lowest BCUT2D eigenvalue weighted by Gasteiger charge is -2.23. The standard InChI is InChI=1S/C29H26N2O3S2/c1-18(2)22-13-11-20(12-14-22)16-24-27(32)31-26(23-10-7-15-35-23)25(19(3)30-29(31)36-24)28(33)34-17-21-8-5-4-6-9-21/h4-16,18,26H,17H2,1-3H3/b24-16+/t26-/m1/s1. The zero-order chi connectivity index (χ0) is 25.2. The molecule has 0 fully saturated rings. The van der Waals surface area contributed by atoms with Crippen LogP contribution in [0.3, 0.4) is 0 Å². The number of thiophene rings is 1. The van der Waals surface area contributed by atoms with E-state index in [0.29, 0.717) is 26.5 Å². The highest BCUT2D eigenvalue weighted by atomic mass is 32.1. The maximum atomic E-state index is 13.7. The average molecular weight is 515 g/mol. The SMILES string of the molecule is CC1=C(C(=O)OCc2ccccc2)[C@@H](c2cccs2)n2c(s/c(=C/c3ccc(C(C)C)cc3)c2=O)=N1. The number of hydrogen-bond acceptors (Lipinski definition) is 6. The molecule has 182 valence electrons. The molecular formula is C29H26N2O3S2. The second-order valence-electron chi connectivity index (χ2n) is 8.98. The van der Waals surface area contributed by atoms with Gasteiger partial charge in [-0.3, -0.25) is 9.36 Å². The molecule has 1 aliphatic rings. The van der Waals surface area contributed by atoms with Gasteiger partial charge >= 0.3 is 5.97 Å². The number of hydrogen-bond donors (Lipinski definition) is 0. The highest BCUT2D eigenvalue weighted by molar-refractivity contribution is 7.10. The van der Waals surface area contributed by atoms with E-state index in [4.69, 9.17) is 4.74 Å². The molecule has 0 N–H and O–H groups in total. The van der Waals surface area contributed by atoms with Gasteiger partial charge < -0.3 is 4.74 Å². The molecule has 0 spiro atoms. The van der Waals surface area contributed by atoms with Crippen molar-refractivity contribution in [2.24, 2.45) is 4.99 Å². The average Bonchev–Trinajstić information content (AvgIpc) is 3.51. The number of fused-ring (bicyclic) bond motifs is 1. The molecule has 0 saturated heterocycles. The number of carbonyl (C=O) groups is 1. The van der Waals surface area contributed by atoms with Gasteiger partial charge in [0.05, 0.1) is 15.8 Å². The number of thiazole rings is 1. The van der Waals surface area contributed by atoms with E-state index in [2.05, 4.69) is 31.0 Å². The summed E-state index contributed by atoms with van der Waals surface area (Å²) in [6, 6.07) is 21.1. The van der Waals surface area contributed by atoms with E-state index < -0.39 is 12.0 Å². The van der Waals surface area contributed by atoms with Crippen molar-refractivity contribution >= 4 is 34.7 Å². The van der Waals surface area contributed by atoms with Gasteiger partial charge in [0.15, 0.2) is 4.80 Å². The minimum absolute atomic E-state index is 0.157. The van der Waals surface area contributed by atoms with E-state index in [0.717, 1.165) is 16.0 Å². The number of benzene rings is 2. The fraction of sp³-hybridized carbons (Fsp3) is 0.207. The Morgan fingerprint density at radius 2 is 1.83 bits per heavy atom. The number of aromatic nitrogens is 1. The molecule has 4 aromatic rings. The third-order valence-electron chi connectivity index (χ3n) is 6.17. The van der Waals surface area contributed by atoms with Crippen molar-refractivity contribution in [3.05, 3.63) is 125 Å². The summed E-state index contributed by atoms with van der Waals surface area (Å²) in [4.78, 5) is 33.1. The molecule has 3 heterocycles. The second kappa shape index (κ2) is 10.2. The van der Waals surface area contributed by atoms with Gasteiger partial charge in [-0.2, -0.15) is 0 Å². The fourth-order valence-electron chi connectivity index (χ4n) is 4.23. The normalized spacial score (nSPS) is 15.7. The lowest BCUT2D eigenvalue weighted by atomic mass is 10.0. The lowest BCUT2D eigenvalue weighted by Crippen LogP contribution is -2.39. The van der Waals surface area contributed by atoms with E-state index >= 15 is 0 Å². The summed E-state index contributed by atoms with van der Waals surface area (Å²) in [7, 11) is 0. The number of allylic oxidation sites excluding steroid dienone is 1. The van der Waals surface area contributed by atoms with Crippen LogP contribution in [0.15, 0.2) is 93.2 Å². The first kappa shape index (κ1) is 24.2. The van der Waals surface area contributed by atoms with Crippen LogP contribution in [0.2, 0.25) is 0 Å². The molecule has 0 saturated carbocycles. The zero-order valence-corrected chi connectivity index (χ0v) is 21.9. The van der Waals surface area contributed by atoms with Crippen molar-refractivity contribution < 1.29 is 9.53 Å². The Balaban J connectivity index is 1.55. The van der Waals surface area contributed by atoms with Crippen LogP contribution in [-0.4, -0.2) is 10.5 Å². The van der Waals surface area contributed by atoms with Crippen LogP contribution in [0.5, 0.6) is 0 Å². The Kier molecular flexibility index (Phi) is 6.85. The Bertz CT molecular complexity index is 1590. The minimum atomic E-state index is -0.574. The predicted octanol–water partition coefficient (Wildman–Crippen LogP) is 5.16. The highest BCUT2D eigenvalue weighted by Gasteiger charge is 2.34. The molecular weight excluding hydrogens is 488 g/mol. The van der Waals surface area contributed by atoms with Crippen LogP contribution in [0, 0.1) is 0 Å². The van der Waals surface area contributed by atoms with Crippen molar-refractivity contribution in [2.45, 2.75) is 39.3 Å². The fourth-order valence-corrected chi connectivity index (χ4v) is 6.10. The summed E-state index contributed by atoms with van der Waals surface area (Å²) in [6.07, 6.45) is 1.89. The van der Waals surface area contributed by atoms with Crippen molar-refractivity contribution in [3.63, 3.8) is 0 Å². The summed E-state index contributed by atoms with van der Waals surface area (Å²) in [5, 5.41) is 1.95. The molecule has 5 rings (SSSR count). The van der Waals surface area contributed by atoms with Gasteiger partial charge in [0, 0.05) is 4.88 Å². The Morgan fingerprint density at radius 3 is 2.50 bits per heavy atom. The molecule has 5 nitrogen and oxygen atoms in total. The monoisotopic (exact) mass is 514 g/mol. The molecule has 2 aromatic heterocycles. The van der Waals surface area contributed by atoms with E-state index in [1.165, 1.54) is 28.2 Å². The number of nitrogens with zero attached hydrogens (tertiary/aromatic N) is 2. The van der Waals surface area contributed by atoms with Crippen molar-refractivity contribution in [1.29, 1.82) is 0 Å². The third-order valence-corrected chi connectivity index (χ3v) is 8.08. The first-order valence-corrected chi connectivity index (χ1v) is 13.5. The van der Waals surface area contributed by atoms with Crippen LogP contribution in [-0.2, 0) is 16.1 Å². The molecule has 2 aromatic carbocycles. The first-order chi connectivity index (χ1) is 17.4. The zero-order valence-electron chi connectivity index (χ0n) is 20.3. The van der Waals surface area contributed by atoms with E-state index in [1.807, 2.05) is 66.1 Å². The maximum absolute atomic E-state index is 13.7. The van der Waals surface area contributed by atoms with Gasteiger partial charge in [0.1, 0.15) is 12.6 Å². The molecule has 0 radical (unpaired) electrons. The summed E-state index contributed by atoms with van der Waals surface area (Å²) >= 11 is 2.85. The van der Waals surface area contributed by atoms with Gasteiger partial charge in [0.2, 0.25) is 0 Å². The summed E-state index contributed by atoms with van der Waals surface area (Å²) in [5.74, 6) is -0.0183. The molecule has 0 unspecified atom stereocenters. The maximum Gasteiger partial charge on any atom is 0.338 e. The predicted molar refractivity (Wildman–Crippen MR) is 145 cm³/mol. The van der Waals surface area contributed by atoms with Crippen LogP contribution in [0.25, 0.3) is 6.08 Å². The summed E-state index contributed by atoms with van der Waals surface area (Å²) in [5.41, 5.74) is 3.91. The van der Waals surface area contributed by atoms with Gasteiger partial charge in [-0.15, -0.1) is 11.3 Å². The van der Waals surface area contributed by atoms with Crippen molar-refractivity contribution in [2.75, 3.05) is 0 Å². The molecule has 0 aliphatic carbocycles. The minimum Gasteiger partial charge on any atom is -0.457 e. The Hall–Kier alpha value is -3.55. The van der Waals surface area contributed by atoms with Gasteiger partial charge in [-0.25, -0.2) is 9.79 Å². The molecule has 1 aliphatic heterocycles. The lowest BCUT2D eigenvalue weighted by molar-refractivity contribution is -0.140. The molecule has 36 heavy (non-hydrogen) atoms. The van der Waals surface area contributed by atoms with Crippen LogP contribution < -0.4 is 14.9 Å². The van der Waals surface area contributed by atoms with Crippen LogP contribution in [0.4, 0.5) is 0 Å². The molecule has 7 heteroatoms. The smallest absolute Gasteiger partial charge is 0.338 e. The second-order valence-corrected chi connectivity index (χ2v) is 11.0. The molecule has 1 atom stereocenters. The van der Waals surface area contributed by atoms with Crippen molar-refractivity contribution in [3.8, 4) is 0 Å². The molecule has 0 bridgehead atoms. The van der Waals surface area contributed by atoms with Crippen LogP contribution in [0.1, 0.15) is 54.3 Å². The Labute approximate surface area is 217 Å². The summed E-state index contributed by atoms with van der Waals surface area (Å²) in [6.45, 7) is 6.27. The van der Waals surface area contributed by atoms with Gasteiger partial charge in [-0.05, 0) is 47.1 Å². The number of carbonyl (C=O) groups excluding carboxylic acids is 1. The van der Waals surface area contributed by atoms with E-state index in [9.17, 15) is 9.59 Å². The summed E-state index contributed by atoms with van der Waals surface area (Å²) < 4.78 is 7.90. The highest BCUT2D eigenvalue weighted by Crippen LogP contribution is 2.33. The van der Waals surface area contributed by atoms with Gasteiger partial charge in [-0.1, -0.05) is 85.8 Å². The van der Waals surface area contributed by atoms with E-state index in [-0.39, 0.29) is 12.2 Å². The number of rotatable bonds is 6. The molecule has 0 amide bonds. The number of ether oxygens (including phenoxy) is 1. The van der Waals surface area contributed by atoms with E-state index in [1.54, 1.807) is 11.5 Å². The van der Waals surface area contributed by atoms with Gasteiger partial charge in [0.25, 0.3) is 5.56 Å². The first-order valence-electron chi connectivity index (χ1n) is 11.8. The van der Waals surface area contributed by atoms with Crippen molar-refractivity contribution in [1.82, 2.24) is 4.57 Å². The number of esters is 1. The quantitative estimate of drug-likeness (QED) is 0.334. The topological polar surface area (TPSA) is 60.7 Å². The Morgan fingerprint density at radius 1 is 1.08 bits per heavy atom. The third kappa shape index (κ3) is 4.76.